The van der Waals surface area contributed by atoms with Crippen molar-refractivity contribution in [1.82, 2.24) is 0 Å². The van der Waals surface area contributed by atoms with Crippen LogP contribution in [0.5, 0.6) is 0 Å². The van der Waals surface area contributed by atoms with Crippen molar-refractivity contribution >= 4 is 25.5 Å². The highest BCUT2D eigenvalue weighted by Crippen LogP contribution is 2.47. The van der Waals surface area contributed by atoms with Crippen LogP contribution in [-0.2, 0) is 37.5 Å². The molecule has 3 unspecified atom stereocenters. The van der Waals surface area contributed by atoms with Gasteiger partial charge >= 0.3 is 19.8 Å². The average molecular weight is 897 g/mol. The Morgan fingerprint density at radius 1 is 0.565 bits per heavy atom. The Bertz CT molecular complexity index is 1420. The molecule has 0 bridgehead atoms. The monoisotopic (exact) mass is 897 g/mol. The highest BCUT2D eigenvalue weighted by Gasteiger charge is 2.51. The number of rotatable bonds is 36. The summed E-state index contributed by atoms with van der Waals surface area (Å²) in [5.41, 5.74) is 0. The predicted octanol–water partition coefficient (Wildman–Crippen LogP) is 7.90. The lowest BCUT2D eigenvalue weighted by Crippen LogP contribution is -2.64. The maximum absolute atomic E-state index is 12.8. The van der Waals surface area contributed by atoms with E-state index in [1.165, 1.54) is 12.8 Å². The smallest absolute Gasteiger partial charge is 0.462 e. The van der Waals surface area contributed by atoms with Gasteiger partial charge < -0.3 is 39.9 Å². The van der Waals surface area contributed by atoms with Gasteiger partial charge in [0.1, 0.15) is 43.2 Å². The fourth-order valence-corrected chi connectivity index (χ4v) is 7.29. The van der Waals surface area contributed by atoms with Gasteiger partial charge in [-0.25, -0.2) is 4.57 Å². The average Bonchev–Trinajstić information content (AvgIpc) is 3.25. The Balaban J connectivity index is 2.53. The second-order valence-electron chi connectivity index (χ2n) is 15.6. The standard InChI is InChI=1S/C47H77O14P/c1-3-5-7-9-11-12-13-14-15-16-17-18-19-20-22-26-30-34-40(49)58-36-39(37-59-62(56,57)61-47-45(54)43(52)42(51)44(53)46(47)55)60-41(50)35-31-27-23-25-29-33-38(48)32-28-24-21-10-8-6-4-2/h5,7,11-12,14-15,17-18,21,24,28,32,39,42-47,51-55H,3-4,6,8-10,13,16,19-20,22-23,25-27,29-31,33-37H2,1-2H3,(H,56,57)/b7-5-,12-11-,15-14-,18-17-,24-21-,32-28+/t39-,42?,43-,44+,45-,46-,47?/m1/s1. The summed E-state index contributed by atoms with van der Waals surface area (Å²) in [4.78, 5) is 47.8. The molecule has 1 aliphatic rings. The van der Waals surface area contributed by atoms with Gasteiger partial charge in [-0.05, 0) is 76.7 Å². The third-order valence-electron chi connectivity index (χ3n) is 10.0. The first-order valence-electron chi connectivity index (χ1n) is 22.7. The summed E-state index contributed by atoms with van der Waals surface area (Å²) >= 11 is 0. The fourth-order valence-electron chi connectivity index (χ4n) is 6.32. The largest absolute Gasteiger partial charge is 0.472 e. The molecule has 0 radical (unpaired) electrons. The van der Waals surface area contributed by atoms with Crippen LogP contribution < -0.4 is 0 Å². The number of phosphoric ester groups is 1. The summed E-state index contributed by atoms with van der Waals surface area (Å²) in [5.74, 6) is -1.17. The van der Waals surface area contributed by atoms with Crippen molar-refractivity contribution in [2.24, 2.45) is 0 Å². The predicted molar refractivity (Wildman–Crippen MR) is 240 cm³/mol. The maximum Gasteiger partial charge on any atom is 0.472 e. The van der Waals surface area contributed by atoms with Gasteiger partial charge in [0.2, 0.25) is 0 Å². The molecule has 0 amide bonds. The zero-order chi connectivity index (χ0) is 45.9. The second kappa shape index (κ2) is 36.3. The molecule has 1 saturated carbocycles. The second-order valence-corrected chi connectivity index (χ2v) is 17.0. The molecule has 354 valence electrons. The minimum atomic E-state index is -5.16. The Morgan fingerprint density at radius 2 is 1.06 bits per heavy atom. The number of phosphoric acid groups is 1. The number of ether oxygens (including phenoxy) is 2. The molecule has 1 aliphatic carbocycles. The molecule has 1 fully saturated rings. The lowest BCUT2D eigenvalue weighted by Gasteiger charge is -2.41. The molecule has 6 N–H and O–H groups in total. The van der Waals surface area contributed by atoms with Gasteiger partial charge in [0.25, 0.3) is 0 Å². The first kappa shape index (κ1) is 57.0. The van der Waals surface area contributed by atoms with Crippen molar-refractivity contribution < 1.29 is 67.9 Å². The molecular weight excluding hydrogens is 819 g/mol. The van der Waals surface area contributed by atoms with Gasteiger partial charge in [-0.2, -0.15) is 0 Å². The van der Waals surface area contributed by atoms with Crippen LogP contribution in [0.2, 0.25) is 0 Å². The van der Waals surface area contributed by atoms with Gasteiger partial charge in [-0.15, -0.1) is 0 Å². The molecular formula is C47H77O14P. The number of unbranched alkanes of at least 4 members (excludes halogenated alkanes) is 11. The van der Waals surface area contributed by atoms with Gasteiger partial charge in [-0.3, -0.25) is 23.4 Å². The van der Waals surface area contributed by atoms with Crippen LogP contribution in [0.15, 0.2) is 72.9 Å². The number of aliphatic hydroxyl groups is 5. The minimum Gasteiger partial charge on any atom is -0.462 e. The highest BCUT2D eigenvalue weighted by atomic mass is 31.2. The first-order chi connectivity index (χ1) is 29.8. The zero-order valence-electron chi connectivity index (χ0n) is 37.1. The Kier molecular flexibility index (Phi) is 33.4. The van der Waals surface area contributed by atoms with Gasteiger partial charge in [0.15, 0.2) is 11.9 Å². The van der Waals surface area contributed by atoms with E-state index in [1.807, 2.05) is 6.08 Å². The van der Waals surface area contributed by atoms with Crippen LogP contribution in [0.4, 0.5) is 0 Å². The quantitative estimate of drug-likeness (QED) is 0.00878. The lowest BCUT2D eigenvalue weighted by atomic mass is 9.85. The number of esters is 2. The van der Waals surface area contributed by atoms with E-state index < -0.39 is 75.7 Å². The summed E-state index contributed by atoms with van der Waals surface area (Å²) < 4.78 is 33.4. The van der Waals surface area contributed by atoms with Gasteiger partial charge in [-0.1, -0.05) is 126 Å². The SMILES string of the molecule is CC/C=C\C/C=C\C/C=C\C/C=C\CCCCCCC(=O)OC[C@H](COP(=O)(O)OC1[C@H](O)[C@H](O)C(O)[C@H](O)[C@H]1O)OC(=O)CCCCCCCC(=O)/C=C/C=C\CCCCC. The number of hydrogen-bond acceptors (Lipinski definition) is 13. The third kappa shape index (κ3) is 28.6. The molecule has 0 aromatic carbocycles. The van der Waals surface area contributed by atoms with Crippen LogP contribution in [0, 0.1) is 0 Å². The highest BCUT2D eigenvalue weighted by molar-refractivity contribution is 7.47. The molecule has 0 spiro atoms. The summed E-state index contributed by atoms with van der Waals surface area (Å²) in [6.07, 6.45) is 27.7. The van der Waals surface area contributed by atoms with Crippen LogP contribution >= 0.6 is 7.82 Å². The normalized spacial score (nSPS) is 22.5. The van der Waals surface area contributed by atoms with E-state index in [0.29, 0.717) is 25.7 Å². The lowest BCUT2D eigenvalue weighted by molar-refractivity contribution is -0.220. The molecule has 62 heavy (non-hydrogen) atoms. The summed E-state index contributed by atoms with van der Waals surface area (Å²) in [6, 6.07) is 0. The van der Waals surface area contributed by atoms with Gasteiger partial charge in [0.05, 0.1) is 6.61 Å². The number of aliphatic hydroxyl groups excluding tert-OH is 5. The van der Waals surface area contributed by atoms with Crippen molar-refractivity contribution in [2.75, 3.05) is 13.2 Å². The number of carbonyl (C=O) groups excluding carboxylic acids is 3. The Morgan fingerprint density at radius 3 is 1.68 bits per heavy atom. The Hall–Kier alpha value is -3.04. The number of allylic oxidation sites excluding steroid dienone is 12. The van der Waals surface area contributed by atoms with Crippen LogP contribution in [0.1, 0.15) is 149 Å². The third-order valence-corrected chi connectivity index (χ3v) is 11.0. The van der Waals surface area contributed by atoms with Crippen LogP contribution in [0.25, 0.3) is 0 Å². The number of carbonyl (C=O) groups is 3. The number of hydrogen-bond donors (Lipinski definition) is 6. The van der Waals surface area contributed by atoms with Crippen molar-refractivity contribution in [1.29, 1.82) is 0 Å². The van der Waals surface area contributed by atoms with E-state index in [0.717, 1.165) is 83.5 Å². The Labute approximate surface area is 370 Å². The molecule has 14 nitrogen and oxygen atoms in total. The van der Waals surface area contributed by atoms with E-state index in [4.69, 9.17) is 18.5 Å². The molecule has 0 saturated heterocycles. The topological polar surface area (TPSA) is 227 Å². The maximum atomic E-state index is 12.8. The minimum absolute atomic E-state index is 0.00344. The number of ketones is 1. The molecule has 0 heterocycles. The van der Waals surface area contributed by atoms with E-state index in [9.17, 15) is 49.4 Å². The summed E-state index contributed by atoms with van der Waals surface area (Å²) in [5, 5.41) is 50.1. The van der Waals surface area contributed by atoms with E-state index >= 15 is 0 Å². The van der Waals surface area contributed by atoms with E-state index in [1.54, 1.807) is 12.2 Å². The molecule has 1 rings (SSSR count). The molecule has 15 heteroatoms. The van der Waals surface area contributed by atoms with Crippen molar-refractivity contribution in [3.8, 4) is 0 Å². The van der Waals surface area contributed by atoms with Crippen molar-refractivity contribution in [2.45, 2.75) is 191 Å². The van der Waals surface area contributed by atoms with E-state index in [2.05, 4.69) is 68.5 Å². The summed E-state index contributed by atoms with van der Waals surface area (Å²) in [7, 11) is -5.16. The van der Waals surface area contributed by atoms with Crippen LogP contribution in [0.3, 0.4) is 0 Å². The molecule has 0 aliphatic heterocycles. The molecule has 0 aromatic heterocycles. The van der Waals surface area contributed by atoms with Gasteiger partial charge in [0, 0.05) is 19.3 Å². The first-order valence-corrected chi connectivity index (χ1v) is 24.2. The van der Waals surface area contributed by atoms with E-state index in [-0.39, 0.29) is 18.6 Å². The zero-order valence-corrected chi connectivity index (χ0v) is 38.0. The van der Waals surface area contributed by atoms with Crippen LogP contribution in [-0.4, -0.2) is 104 Å². The van der Waals surface area contributed by atoms with Crippen molar-refractivity contribution in [3.05, 3.63) is 72.9 Å². The summed E-state index contributed by atoms with van der Waals surface area (Å²) in [6.45, 7) is 3.00. The van der Waals surface area contributed by atoms with Crippen molar-refractivity contribution in [3.63, 3.8) is 0 Å². The molecule has 8 atom stereocenters. The fraction of sp³-hybridized carbons (Fsp3) is 0.681. The molecule has 0 aromatic rings.